The molecule has 1 aliphatic heterocycles. The van der Waals surface area contributed by atoms with Gasteiger partial charge < -0.3 is 15.8 Å². The van der Waals surface area contributed by atoms with E-state index >= 15 is 0 Å². The number of nitriles is 1. The predicted molar refractivity (Wildman–Crippen MR) is 62.1 cm³/mol. The molecule has 0 aliphatic carbocycles. The van der Waals surface area contributed by atoms with Gasteiger partial charge >= 0.3 is 0 Å². The fourth-order valence-electron chi connectivity index (χ4n) is 1.66. The van der Waals surface area contributed by atoms with Gasteiger partial charge in [0.2, 0.25) is 5.91 Å². The summed E-state index contributed by atoms with van der Waals surface area (Å²) in [5.41, 5.74) is 6.46. The zero-order chi connectivity index (χ0) is 12.3. The van der Waals surface area contributed by atoms with Crippen LogP contribution in [0.5, 0.6) is 0 Å². The number of carbonyl (C=O) groups excluding carboxylic acids is 1. The van der Waals surface area contributed by atoms with Gasteiger partial charge in [-0.15, -0.1) is 0 Å². The van der Waals surface area contributed by atoms with E-state index in [-0.39, 0.29) is 12.3 Å². The number of amides is 1. The quantitative estimate of drug-likeness (QED) is 0.798. The number of hydrogen-bond acceptors (Lipinski definition) is 4. The molecule has 17 heavy (non-hydrogen) atoms. The second kappa shape index (κ2) is 4.53. The number of nitrogens with zero attached hydrogens (tertiary/aromatic N) is 1. The van der Waals surface area contributed by atoms with Crippen molar-refractivity contribution in [3.63, 3.8) is 0 Å². The van der Waals surface area contributed by atoms with Crippen molar-refractivity contribution in [2.45, 2.75) is 12.0 Å². The Balaban J connectivity index is 1.96. The Morgan fingerprint density at radius 2 is 2.35 bits per heavy atom. The molecule has 5 heteroatoms. The standard InChI is InChI=1S/C12H13N3O2/c13-6-9-2-1-3-10(4-9)15-11(16)5-12(14)7-17-8-12/h1-4H,5,7-8,14H2,(H,15,16). The fourth-order valence-corrected chi connectivity index (χ4v) is 1.66. The van der Waals surface area contributed by atoms with Crippen molar-refractivity contribution in [1.82, 2.24) is 0 Å². The number of carbonyl (C=O) groups is 1. The second-order valence-corrected chi connectivity index (χ2v) is 4.27. The molecular formula is C12H13N3O2. The molecule has 1 aliphatic rings. The van der Waals surface area contributed by atoms with Crippen LogP contribution in [0.2, 0.25) is 0 Å². The minimum absolute atomic E-state index is 0.161. The van der Waals surface area contributed by atoms with Crippen molar-refractivity contribution in [1.29, 1.82) is 5.26 Å². The Hall–Kier alpha value is -1.90. The summed E-state index contributed by atoms with van der Waals surface area (Å²) in [6.07, 6.45) is 0.226. The minimum Gasteiger partial charge on any atom is -0.377 e. The highest BCUT2D eigenvalue weighted by atomic mass is 16.5. The lowest BCUT2D eigenvalue weighted by molar-refractivity contribution is -0.123. The summed E-state index contributed by atoms with van der Waals surface area (Å²) >= 11 is 0. The van der Waals surface area contributed by atoms with Gasteiger partial charge in [-0.2, -0.15) is 5.26 Å². The maximum absolute atomic E-state index is 11.7. The number of rotatable bonds is 3. The highest BCUT2D eigenvalue weighted by molar-refractivity contribution is 5.91. The highest BCUT2D eigenvalue weighted by Crippen LogP contribution is 2.19. The summed E-state index contributed by atoms with van der Waals surface area (Å²) in [5, 5.41) is 11.4. The summed E-state index contributed by atoms with van der Waals surface area (Å²) in [4.78, 5) is 11.7. The number of hydrogen-bond donors (Lipinski definition) is 2. The molecule has 0 atom stereocenters. The van der Waals surface area contributed by atoms with E-state index in [1.807, 2.05) is 6.07 Å². The molecule has 1 aromatic rings. The molecule has 5 nitrogen and oxygen atoms in total. The van der Waals surface area contributed by atoms with Crippen molar-refractivity contribution in [2.75, 3.05) is 18.5 Å². The van der Waals surface area contributed by atoms with Gasteiger partial charge in [0.15, 0.2) is 0 Å². The van der Waals surface area contributed by atoms with Crippen LogP contribution in [0, 0.1) is 11.3 Å². The zero-order valence-corrected chi connectivity index (χ0v) is 9.27. The molecule has 0 spiro atoms. The molecule has 1 heterocycles. The van der Waals surface area contributed by atoms with Gasteiger partial charge in [0.25, 0.3) is 0 Å². The van der Waals surface area contributed by atoms with Crippen LogP contribution in [0.25, 0.3) is 0 Å². The maximum atomic E-state index is 11.7. The summed E-state index contributed by atoms with van der Waals surface area (Å²) in [5.74, 6) is -0.161. The van der Waals surface area contributed by atoms with Gasteiger partial charge in [0.1, 0.15) is 0 Å². The third-order valence-corrected chi connectivity index (χ3v) is 2.57. The lowest BCUT2D eigenvalue weighted by atomic mass is 9.94. The van der Waals surface area contributed by atoms with Crippen molar-refractivity contribution in [2.24, 2.45) is 5.73 Å². The molecule has 0 radical (unpaired) electrons. The van der Waals surface area contributed by atoms with Crippen LogP contribution in [-0.4, -0.2) is 24.7 Å². The lowest BCUT2D eigenvalue weighted by Crippen LogP contribution is -2.58. The summed E-state index contributed by atoms with van der Waals surface area (Å²) in [6, 6.07) is 8.78. The molecule has 88 valence electrons. The van der Waals surface area contributed by atoms with Crippen LogP contribution in [0.15, 0.2) is 24.3 Å². The third kappa shape index (κ3) is 2.81. The Morgan fingerprint density at radius 1 is 1.59 bits per heavy atom. The normalized spacial score (nSPS) is 16.7. The highest BCUT2D eigenvalue weighted by Gasteiger charge is 2.36. The molecule has 1 aromatic carbocycles. The van der Waals surface area contributed by atoms with Crippen LogP contribution < -0.4 is 11.1 Å². The third-order valence-electron chi connectivity index (χ3n) is 2.57. The number of nitrogens with one attached hydrogen (secondary N) is 1. The topological polar surface area (TPSA) is 88.1 Å². The zero-order valence-electron chi connectivity index (χ0n) is 9.27. The molecule has 0 saturated carbocycles. The molecular weight excluding hydrogens is 218 g/mol. The Kier molecular flexibility index (Phi) is 3.09. The first kappa shape index (κ1) is 11.6. The van der Waals surface area contributed by atoms with E-state index in [0.29, 0.717) is 24.5 Å². The second-order valence-electron chi connectivity index (χ2n) is 4.27. The number of anilines is 1. The summed E-state index contributed by atoms with van der Waals surface area (Å²) in [7, 11) is 0. The monoisotopic (exact) mass is 231 g/mol. The van der Waals surface area contributed by atoms with Crippen LogP contribution in [0.3, 0.4) is 0 Å². The van der Waals surface area contributed by atoms with Crippen LogP contribution >= 0.6 is 0 Å². The molecule has 1 fully saturated rings. The molecule has 0 bridgehead atoms. The Bertz CT molecular complexity index is 475. The van der Waals surface area contributed by atoms with E-state index < -0.39 is 5.54 Å². The lowest BCUT2D eigenvalue weighted by Gasteiger charge is -2.37. The summed E-state index contributed by atoms with van der Waals surface area (Å²) in [6.45, 7) is 0.831. The van der Waals surface area contributed by atoms with Gasteiger partial charge in [-0.3, -0.25) is 4.79 Å². The van der Waals surface area contributed by atoms with E-state index in [1.54, 1.807) is 24.3 Å². The molecule has 0 unspecified atom stereocenters. The van der Waals surface area contributed by atoms with Crippen molar-refractivity contribution < 1.29 is 9.53 Å². The SMILES string of the molecule is N#Cc1cccc(NC(=O)CC2(N)COC2)c1. The van der Waals surface area contributed by atoms with Gasteiger partial charge in [0, 0.05) is 12.1 Å². The maximum Gasteiger partial charge on any atom is 0.226 e. The van der Waals surface area contributed by atoms with Crippen LogP contribution in [0.1, 0.15) is 12.0 Å². The number of ether oxygens (including phenoxy) is 1. The first-order chi connectivity index (χ1) is 8.11. The van der Waals surface area contributed by atoms with Gasteiger partial charge in [-0.05, 0) is 18.2 Å². The van der Waals surface area contributed by atoms with E-state index in [9.17, 15) is 4.79 Å². The molecule has 3 N–H and O–H groups in total. The number of nitrogens with two attached hydrogens (primary N) is 1. The minimum atomic E-state index is -0.531. The summed E-state index contributed by atoms with van der Waals surface area (Å²) < 4.78 is 4.98. The number of benzene rings is 1. The fraction of sp³-hybridized carbons (Fsp3) is 0.333. The van der Waals surface area contributed by atoms with E-state index in [0.717, 1.165) is 0 Å². The molecule has 1 amide bonds. The Labute approximate surface area is 99.2 Å². The van der Waals surface area contributed by atoms with Crippen LogP contribution in [0.4, 0.5) is 5.69 Å². The average Bonchev–Trinajstić information content (AvgIpc) is 2.27. The van der Waals surface area contributed by atoms with E-state index in [1.165, 1.54) is 0 Å². The van der Waals surface area contributed by atoms with Gasteiger partial charge in [-0.1, -0.05) is 6.07 Å². The van der Waals surface area contributed by atoms with Crippen LogP contribution in [-0.2, 0) is 9.53 Å². The van der Waals surface area contributed by atoms with Gasteiger partial charge in [0.05, 0.1) is 30.4 Å². The molecule has 1 saturated heterocycles. The smallest absolute Gasteiger partial charge is 0.226 e. The molecule has 0 aromatic heterocycles. The largest absolute Gasteiger partial charge is 0.377 e. The van der Waals surface area contributed by atoms with Crippen molar-refractivity contribution >= 4 is 11.6 Å². The first-order valence-electron chi connectivity index (χ1n) is 5.28. The molecule has 2 rings (SSSR count). The average molecular weight is 231 g/mol. The Morgan fingerprint density at radius 3 is 2.94 bits per heavy atom. The first-order valence-corrected chi connectivity index (χ1v) is 5.28. The van der Waals surface area contributed by atoms with E-state index in [4.69, 9.17) is 15.7 Å². The van der Waals surface area contributed by atoms with Crippen molar-refractivity contribution in [3.8, 4) is 6.07 Å². The predicted octanol–water partition coefficient (Wildman–Crippen LogP) is 0.615. The van der Waals surface area contributed by atoms with Crippen molar-refractivity contribution in [3.05, 3.63) is 29.8 Å². The van der Waals surface area contributed by atoms with E-state index in [2.05, 4.69) is 5.32 Å². The van der Waals surface area contributed by atoms with Gasteiger partial charge in [-0.25, -0.2) is 0 Å².